The number of rotatable bonds is 1. The third-order valence-electron chi connectivity index (χ3n) is 5.17. The van der Waals surface area contributed by atoms with Crippen molar-refractivity contribution in [3.63, 3.8) is 0 Å². The van der Waals surface area contributed by atoms with Gasteiger partial charge in [-0.05, 0) is 30.2 Å². The van der Waals surface area contributed by atoms with Gasteiger partial charge in [0.2, 0.25) is 5.91 Å². The minimum Gasteiger partial charge on any atom is -0.342 e. The van der Waals surface area contributed by atoms with Crippen molar-refractivity contribution < 1.29 is 9.59 Å². The summed E-state index contributed by atoms with van der Waals surface area (Å²) >= 11 is 12.1. The molecule has 3 heterocycles. The van der Waals surface area contributed by atoms with Crippen LogP contribution in [0.3, 0.4) is 0 Å². The lowest BCUT2D eigenvalue weighted by Gasteiger charge is -2.25. The number of benzene rings is 1. The molecule has 1 N–H and O–H groups in total. The molecule has 2 aromatic rings. The van der Waals surface area contributed by atoms with Crippen molar-refractivity contribution in [2.45, 2.75) is 18.8 Å². The SMILES string of the molecule is CC(=O)N1CCC2(C1)CN(C(=O)Nc1cncc(Cl)n1)c1ccc(Cl)cc12. The van der Waals surface area contributed by atoms with Crippen LogP contribution in [0.4, 0.5) is 16.3 Å². The smallest absolute Gasteiger partial charge is 0.327 e. The van der Waals surface area contributed by atoms with Crippen LogP contribution < -0.4 is 10.2 Å². The summed E-state index contributed by atoms with van der Waals surface area (Å²) in [5, 5.41) is 3.54. The van der Waals surface area contributed by atoms with Crippen LogP contribution in [0.15, 0.2) is 30.6 Å². The van der Waals surface area contributed by atoms with Crippen molar-refractivity contribution in [2.75, 3.05) is 29.9 Å². The quantitative estimate of drug-likeness (QED) is 0.788. The van der Waals surface area contributed by atoms with Gasteiger partial charge in [0.25, 0.3) is 0 Å². The highest BCUT2D eigenvalue weighted by Gasteiger charge is 2.49. The van der Waals surface area contributed by atoms with E-state index in [1.165, 1.54) is 12.4 Å². The second-order valence-corrected chi connectivity index (χ2v) is 7.70. The molecule has 2 aliphatic heterocycles. The van der Waals surface area contributed by atoms with E-state index >= 15 is 0 Å². The largest absolute Gasteiger partial charge is 0.342 e. The lowest BCUT2D eigenvalue weighted by molar-refractivity contribution is -0.127. The second-order valence-electron chi connectivity index (χ2n) is 6.88. The predicted molar refractivity (Wildman–Crippen MR) is 103 cm³/mol. The molecule has 3 amide bonds. The van der Waals surface area contributed by atoms with E-state index in [0.717, 1.165) is 17.7 Å². The molecule has 1 aromatic carbocycles. The maximum atomic E-state index is 12.9. The van der Waals surface area contributed by atoms with Crippen molar-refractivity contribution in [3.8, 4) is 0 Å². The van der Waals surface area contributed by atoms with E-state index < -0.39 is 0 Å². The molecule has 1 saturated heterocycles. The van der Waals surface area contributed by atoms with E-state index in [1.54, 1.807) is 17.9 Å². The normalized spacial score (nSPS) is 20.9. The maximum Gasteiger partial charge on any atom is 0.327 e. The van der Waals surface area contributed by atoms with E-state index in [4.69, 9.17) is 23.2 Å². The molecule has 140 valence electrons. The van der Waals surface area contributed by atoms with Crippen LogP contribution >= 0.6 is 23.2 Å². The molecule has 1 aromatic heterocycles. The van der Waals surface area contributed by atoms with Crippen molar-refractivity contribution in [3.05, 3.63) is 46.3 Å². The molecule has 7 nitrogen and oxygen atoms in total. The summed E-state index contributed by atoms with van der Waals surface area (Å²) in [5.74, 6) is 0.313. The Hall–Kier alpha value is -2.38. The monoisotopic (exact) mass is 405 g/mol. The Morgan fingerprint density at radius 1 is 1.22 bits per heavy atom. The van der Waals surface area contributed by atoms with E-state index in [9.17, 15) is 9.59 Å². The number of nitrogens with zero attached hydrogens (tertiary/aromatic N) is 4. The minimum atomic E-state index is -0.326. The number of carbonyl (C=O) groups is 2. The highest BCUT2D eigenvalue weighted by molar-refractivity contribution is 6.31. The summed E-state index contributed by atoms with van der Waals surface area (Å²) in [6.45, 7) is 3.26. The molecule has 0 radical (unpaired) electrons. The third kappa shape index (κ3) is 3.21. The van der Waals surface area contributed by atoms with Gasteiger partial charge in [-0.25, -0.2) is 9.78 Å². The van der Waals surface area contributed by atoms with E-state index in [0.29, 0.717) is 24.7 Å². The molecule has 1 spiro atoms. The molecule has 1 unspecified atom stereocenters. The van der Waals surface area contributed by atoms with Gasteiger partial charge in [0.05, 0.1) is 12.4 Å². The number of amides is 3. The molecule has 9 heteroatoms. The first-order valence-electron chi connectivity index (χ1n) is 8.50. The number of hydrogen-bond acceptors (Lipinski definition) is 4. The van der Waals surface area contributed by atoms with Crippen LogP contribution in [0, 0.1) is 0 Å². The van der Waals surface area contributed by atoms with Crippen molar-refractivity contribution in [1.29, 1.82) is 0 Å². The lowest BCUT2D eigenvalue weighted by atomic mass is 9.81. The first-order chi connectivity index (χ1) is 12.9. The Bertz CT molecular complexity index is 938. The van der Waals surface area contributed by atoms with Gasteiger partial charge in [0.15, 0.2) is 5.82 Å². The van der Waals surface area contributed by atoms with Gasteiger partial charge in [-0.15, -0.1) is 0 Å². The summed E-state index contributed by atoms with van der Waals surface area (Å²) in [7, 11) is 0. The number of urea groups is 1. The average molecular weight is 406 g/mol. The average Bonchev–Trinajstić information content (AvgIpc) is 3.18. The number of carbonyl (C=O) groups excluding carboxylic acids is 2. The Balaban J connectivity index is 1.66. The fraction of sp³-hybridized carbons (Fsp3) is 0.333. The number of fused-ring (bicyclic) bond motifs is 2. The number of aromatic nitrogens is 2. The zero-order chi connectivity index (χ0) is 19.2. The Morgan fingerprint density at radius 3 is 2.74 bits per heavy atom. The highest BCUT2D eigenvalue weighted by atomic mass is 35.5. The summed E-state index contributed by atoms with van der Waals surface area (Å²) < 4.78 is 0. The Labute approximate surface area is 166 Å². The molecule has 1 fully saturated rings. The number of hydrogen-bond donors (Lipinski definition) is 1. The van der Waals surface area contributed by atoms with Crippen LogP contribution in [0.2, 0.25) is 10.2 Å². The summed E-state index contributed by atoms with van der Waals surface area (Å²) in [6, 6.07) is 5.17. The second kappa shape index (κ2) is 6.65. The zero-order valence-corrected chi connectivity index (χ0v) is 16.1. The fourth-order valence-corrected chi connectivity index (χ4v) is 4.21. The topological polar surface area (TPSA) is 78.4 Å². The summed E-state index contributed by atoms with van der Waals surface area (Å²) in [5.41, 5.74) is 1.46. The number of likely N-dealkylation sites (tertiary alicyclic amines) is 1. The van der Waals surface area contributed by atoms with Crippen LogP contribution in [0.5, 0.6) is 0 Å². The van der Waals surface area contributed by atoms with Crippen molar-refractivity contribution in [1.82, 2.24) is 14.9 Å². The number of halogens is 2. The fourth-order valence-electron chi connectivity index (χ4n) is 3.89. The van der Waals surface area contributed by atoms with Crippen LogP contribution in [-0.2, 0) is 10.2 Å². The van der Waals surface area contributed by atoms with Gasteiger partial charge < -0.3 is 4.90 Å². The Morgan fingerprint density at radius 2 is 2.04 bits per heavy atom. The molecule has 0 bridgehead atoms. The summed E-state index contributed by atoms with van der Waals surface area (Å²) in [4.78, 5) is 36.2. The first-order valence-corrected chi connectivity index (χ1v) is 9.25. The molecular weight excluding hydrogens is 389 g/mol. The van der Waals surface area contributed by atoms with Gasteiger partial charge in [0, 0.05) is 42.7 Å². The van der Waals surface area contributed by atoms with E-state index in [1.807, 2.05) is 17.0 Å². The van der Waals surface area contributed by atoms with E-state index in [-0.39, 0.29) is 28.3 Å². The molecule has 4 rings (SSSR count). The lowest BCUT2D eigenvalue weighted by Crippen LogP contribution is -2.41. The summed E-state index contributed by atoms with van der Waals surface area (Å²) in [6.07, 6.45) is 3.61. The molecular formula is C18H17Cl2N5O2. The van der Waals surface area contributed by atoms with Crippen LogP contribution in [0.25, 0.3) is 0 Å². The molecule has 0 aliphatic carbocycles. The van der Waals surface area contributed by atoms with Crippen molar-refractivity contribution >= 4 is 46.6 Å². The molecule has 27 heavy (non-hydrogen) atoms. The van der Waals surface area contributed by atoms with Crippen molar-refractivity contribution in [2.24, 2.45) is 0 Å². The predicted octanol–water partition coefficient (Wildman–Crippen LogP) is 3.33. The zero-order valence-electron chi connectivity index (χ0n) is 14.6. The van der Waals surface area contributed by atoms with Gasteiger partial charge >= 0.3 is 6.03 Å². The minimum absolute atomic E-state index is 0.0348. The maximum absolute atomic E-state index is 12.9. The van der Waals surface area contributed by atoms with Gasteiger partial charge in [0.1, 0.15) is 5.15 Å². The van der Waals surface area contributed by atoms with Gasteiger partial charge in [-0.1, -0.05) is 23.2 Å². The first kappa shape index (κ1) is 18.0. The standard InChI is InChI=1S/C18H17Cl2N5O2/c1-11(26)24-5-4-18(9-24)10-25(14-3-2-12(19)6-13(14)18)17(27)23-16-8-21-7-15(20)22-16/h2-3,6-8H,4-5,9-10H2,1H3,(H,22,23,27). The van der Waals surface area contributed by atoms with Crippen LogP contribution in [0.1, 0.15) is 18.9 Å². The number of anilines is 2. The molecule has 2 aliphatic rings. The molecule has 0 saturated carbocycles. The molecule has 1 atom stereocenters. The van der Waals surface area contributed by atoms with Crippen LogP contribution in [-0.4, -0.2) is 46.4 Å². The Kier molecular flexibility index (Phi) is 4.44. The van der Waals surface area contributed by atoms with E-state index in [2.05, 4.69) is 15.3 Å². The third-order valence-corrected chi connectivity index (χ3v) is 5.58. The number of nitrogens with one attached hydrogen (secondary N) is 1. The highest BCUT2D eigenvalue weighted by Crippen LogP contribution is 2.47. The van der Waals surface area contributed by atoms with Gasteiger partial charge in [-0.3, -0.25) is 20.0 Å². The van der Waals surface area contributed by atoms with Gasteiger partial charge in [-0.2, -0.15) is 0 Å².